The molecular formula is C13H23NO. The topological polar surface area (TPSA) is 29.1 Å². The van der Waals surface area contributed by atoms with Crippen LogP contribution in [0.4, 0.5) is 0 Å². The predicted molar refractivity (Wildman–Crippen MR) is 61.8 cm³/mol. The Morgan fingerprint density at radius 2 is 1.80 bits per heavy atom. The summed E-state index contributed by atoms with van der Waals surface area (Å²) in [7, 11) is 0. The Morgan fingerprint density at radius 3 is 2.40 bits per heavy atom. The van der Waals surface area contributed by atoms with Gasteiger partial charge in [-0.3, -0.25) is 4.79 Å². The molecule has 1 aliphatic heterocycles. The van der Waals surface area contributed by atoms with Gasteiger partial charge in [0.25, 0.3) is 0 Å². The molecule has 0 spiro atoms. The van der Waals surface area contributed by atoms with Gasteiger partial charge in [0.2, 0.25) is 0 Å². The standard InChI is InChI=1S/C13H23NO/c15-13(12-7-8-14-10-12)9-11-5-3-1-2-4-6-11/h11-12,14H,1-10H2. The van der Waals surface area contributed by atoms with Gasteiger partial charge >= 0.3 is 0 Å². The molecule has 1 saturated carbocycles. The van der Waals surface area contributed by atoms with E-state index in [2.05, 4.69) is 5.32 Å². The van der Waals surface area contributed by atoms with Crippen molar-refractivity contribution in [1.82, 2.24) is 5.32 Å². The van der Waals surface area contributed by atoms with Crippen LogP contribution in [0.5, 0.6) is 0 Å². The van der Waals surface area contributed by atoms with Crippen molar-refractivity contribution in [2.75, 3.05) is 13.1 Å². The van der Waals surface area contributed by atoms with E-state index in [9.17, 15) is 4.79 Å². The van der Waals surface area contributed by atoms with Crippen molar-refractivity contribution < 1.29 is 4.79 Å². The first-order valence-corrected chi connectivity index (χ1v) is 6.59. The highest BCUT2D eigenvalue weighted by Gasteiger charge is 2.25. The Morgan fingerprint density at radius 1 is 1.07 bits per heavy atom. The molecule has 0 amide bonds. The van der Waals surface area contributed by atoms with Gasteiger partial charge in [-0.2, -0.15) is 0 Å². The number of hydrogen-bond donors (Lipinski definition) is 1. The number of Topliss-reactive ketones (excluding diaryl/α,β-unsaturated/α-hetero) is 1. The third-order valence-electron chi connectivity index (χ3n) is 3.98. The maximum Gasteiger partial charge on any atom is 0.137 e. The maximum atomic E-state index is 12.0. The Labute approximate surface area is 92.8 Å². The molecule has 2 rings (SSSR count). The van der Waals surface area contributed by atoms with Crippen LogP contribution in [0.3, 0.4) is 0 Å². The van der Waals surface area contributed by atoms with Crippen LogP contribution < -0.4 is 5.32 Å². The van der Waals surface area contributed by atoms with Gasteiger partial charge < -0.3 is 5.32 Å². The lowest BCUT2D eigenvalue weighted by atomic mass is 9.89. The molecule has 15 heavy (non-hydrogen) atoms. The molecule has 0 aromatic heterocycles. The SMILES string of the molecule is O=C(CC1CCCCCC1)C1CCNC1. The maximum absolute atomic E-state index is 12.0. The summed E-state index contributed by atoms with van der Waals surface area (Å²) in [4.78, 5) is 12.0. The highest BCUT2D eigenvalue weighted by atomic mass is 16.1. The summed E-state index contributed by atoms with van der Waals surface area (Å²) in [5, 5.41) is 3.28. The van der Waals surface area contributed by atoms with E-state index in [-0.39, 0.29) is 0 Å². The van der Waals surface area contributed by atoms with Crippen LogP contribution in [0.2, 0.25) is 0 Å². The van der Waals surface area contributed by atoms with E-state index in [0.29, 0.717) is 17.6 Å². The molecule has 2 heteroatoms. The first-order chi connectivity index (χ1) is 7.36. The van der Waals surface area contributed by atoms with Crippen LogP contribution in [0.1, 0.15) is 51.4 Å². The molecule has 1 atom stereocenters. The van der Waals surface area contributed by atoms with Crippen molar-refractivity contribution in [3.05, 3.63) is 0 Å². The van der Waals surface area contributed by atoms with Gasteiger partial charge in [0, 0.05) is 18.9 Å². The zero-order valence-corrected chi connectivity index (χ0v) is 9.63. The van der Waals surface area contributed by atoms with Gasteiger partial charge in [-0.15, -0.1) is 0 Å². The van der Waals surface area contributed by atoms with Crippen LogP contribution in [-0.4, -0.2) is 18.9 Å². The molecule has 1 unspecified atom stereocenters. The molecule has 1 N–H and O–H groups in total. The second-order valence-corrected chi connectivity index (χ2v) is 5.22. The van der Waals surface area contributed by atoms with E-state index in [1.54, 1.807) is 0 Å². The summed E-state index contributed by atoms with van der Waals surface area (Å²) >= 11 is 0. The first-order valence-electron chi connectivity index (χ1n) is 6.59. The molecule has 0 radical (unpaired) electrons. The molecule has 86 valence electrons. The minimum atomic E-state index is 0.341. The summed E-state index contributed by atoms with van der Waals surface area (Å²) in [6.45, 7) is 1.98. The van der Waals surface area contributed by atoms with Gasteiger partial charge in [-0.1, -0.05) is 38.5 Å². The molecule has 2 fully saturated rings. The highest BCUT2D eigenvalue weighted by Crippen LogP contribution is 2.27. The Hall–Kier alpha value is -0.370. The van der Waals surface area contributed by atoms with Gasteiger partial charge in [0.15, 0.2) is 0 Å². The minimum absolute atomic E-state index is 0.341. The third-order valence-corrected chi connectivity index (χ3v) is 3.98. The second-order valence-electron chi connectivity index (χ2n) is 5.22. The van der Waals surface area contributed by atoms with Crippen LogP contribution in [0.15, 0.2) is 0 Å². The van der Waals surface area contributed by atoms with Crippen molar-refractivity contribution in [2.24, 2.45) is 11.8 Å². The van der Waals surface area contributed by atoms with E-state index in [1.807, 2.05) is 0 Å². The fourth-order valence-corrected chi connectivity index (χ4v) is 2.95. The lowest BCUT2D eigenvalue weighted by Crippen LogP contribution is -2.20. The van der Waals surface area contributed by atoms with Gasteiger partial charge in [0.05, 0.1) is 0 Å². The number of carbonyl (C=O) groups is 1. The van der Waals surface area contributed by atoms with Crippen LogP contribution >= 0.6 is 0 Å². The smallest absolute Gasteiger partial charge is 0.137 e. The molecule has 1 heterocycles. The molecule has 0 aromatic carbocycles. The monoisotopic (exact) mass is 209 g/mol. The zero-order valence-electron chi connectivity index (χ0n) is 9.63. The van der Waals surface area contributed by atoms with Crippen molar-refractivity contribution in [3.8, 4) is 0 Å². The Kier molecular flexibility index (Phi) is 4.18. The van der Waals surface area contributed by atoms with E-state index in [0.717, 1.165) is 25.9 Å². The number of hydrogen-bond acceptors (Lipinski definition) is 2. The molecular weight excluding hydrogens is 186 g/mol. The Bertz CT molecular complexity index is 201. The van der Waals surface area contributed by atoms with Gasteiger partial charge in [-0.25, -0.2) is 0 Å². The molecule has 2 aliphatic rings. The number of ketones is 1. The van der Waals surface area contributed by atoms with Crippen LogP contribution in [0.25, 0.3) is 0 Å². The summed E-state index contributed by atoms with van der Waals surface area (Å²) < 4.78 is 0. The Balaban J connectivity index is 1.76. The molecule has 0 bridgehead atoms. The lowest BCUT2D eigenvalue weighted by molar-refractivity contribution is -0.123. The van der Waals surface area contributed by atoms with Crippen LogP contribution in [-0.2, 0) is 4.79 Å². The van der Waals surface area contributed by atoms with E-state index < -0.39 is 0 Å². The van der Waals surface area contributed by atoms with E-state index in [4.69, 9.17) is 0 Å². The third kappa shape index (κ3) is 3.30. The van der Waals surface area contributed by atoms with Crippen molar-refractivity contribution >= 4 is 5.78 Å². The molecule has 2 nitrogen and oxygen atoms in total. The second kappa shape index (κ2) is 5.64. The fourth-order valence-electron chi connectivity index (χ4n) is 2.95. The average Bonchev–Trinajstić information content (AvgIpc) is 2.65. The summed E-state index contributed by atoms with van der Waals surface area (Å²) in [5.74, 6) is 1.58. The van der Waals surface area contributed by atoms with Gasteiger partial charge in [-0.05, 0) is 18.9 Å². The molecule has 0 aromatic rings. The average molecular weight is 209 g/mol. The minimum Gasteiger partial charge on any atom is -0.316 e. The summed E-state index contributed by atoms with van der Waals surface area (Å²) in [5.41, 5.74) is 0. The molecule has 1 aliphatic carbocycles. The number of rotatable bonds is 3. The van der Waals surface area contributed by atoms with E-state index >= 15 is 0 Å². The largest absolute Gasteiger partial charge is 0.316 e. The fraction of sp³-hybridized carbons (Fsp3) is 0.923. The van der Waals surface area contributed by atoms with Crippen molar-refractivity contribution in [3.63, 3.8) is 0 Å². The van der Waals surface area contributed by atoms with Crippen molar-refractivity contribution in [1.29, 1.82) is 0 Å². The summed E-state index contributed by atoms with van der Waals surface area (Å²) in [6.07, 6.45) is 10.0. The zero-order chi connectivity index (χ0) is 10.5. The first kappa shape index (κ1) is 11.1. The summed E-state index contributed by atoms with van der Waals surface area (Å²) in [6, 6.07) is 0. The normalized spacial score (nSPS) is 28.9. The van der Waals surface area contributed by atoms with Crippen LogP contribution in [0, 0.1) is 11.8 Å². The number of carbonyl (C=O) groups excluding carboxylic acids is 1. The van der Waals surface area contributed by atoms with Gasteiger partial charge in [0.1, 0.15) is 5.78 Å². The van der Waals surface area contributed by atoms with E-state index in [1.165, 1.54) is 38.5 Å². The quantitative estimate of drug-likeness (QED) is 0.724. The van der Waals surface area contributed by atoms with Crippen molar-refractivity contribution in [2.45, 2.75) is 51.4 Å². The highest BCUT2D eigenvalue weighted by molar-refractivity contribution is 5.81. The number of nitrogens with one attached hydrogen (secondary N) is 1. The molecule has 1 saturated heterocycles. The lowest BCUT2D eigenvalue weighted by Gasteiger charge is -2.15. The predicted octanol–water partition coefficient (Wildman–Crippen LogP) is 2.53.